The number of thiophene rings is 1. The van der Waals surface area contributed by atoms with Gasteiger partial charge in [0.25, 0.3) is 0 Å². The molecule has 0 saturated carbocycles. The highest BCUT2D eigenvalue weighted by molar-refractivity contribution is 7.84. The summed E-state index contributed by atoms with van der Waals surface area (Å²) in [5, 5.41) is 4.74. The summed E-state index contributed by atoms with van der Waals surface area (Å²) in [7, 11) is -1.33. The van der Waals surface area contributed by atoms with Gasteiger partial charge in [-0.15, -0.1) is 11.3 Å². The van der Waals surface area contributed by atoms with Gasteiger partial charge in [0.1, 0.15) is 11.5 Å². The van der Waals surface area contributed by atoms with Gasteiger partial charge in [0.15, 0.2) is 0 Å². The highest BCUT2D eigenvalue weighted by Gasteiger charge is 2.16. The van der Waals surface area contributed by atoms with E-state index in [9.17, 15) is 9.00 Å². The van der Waals surface area contributed by atoms with Crippen LogP contribution in [-0.2, 0) is 27.9 Å². The van der Waals surface area contributed by atoms with E-state index in [2.05, 4.69) is 10.3 Å². The fourth-order valence-corrected chi connectivity index (χ4v) is 3.98. The lowest BCUT2D eigenvalue weighted by molar-refractivity contribution is -0.118. The number of hydrogen-bond acceptors (Lipinski definition) is 5. The number of aromatic nitrogens is 1. The lowest BCUT2D eigenvalue weighted by atomic mass is 10.2. The number of nitrogens with one attached hydrogen (secondary N) is 1. The Bertz CT molecular complexity index is 858. The third-order valence-corrected chi connectivity index (χ3v) is 5.60. The van der Waals surface area contributed by atoms with Crippen LogP contribution in [0.25, 0.3) is 11.5 Å². The molecule has 3 aromatic rings. The molecule has 25 heavy (non-hydrogen) atoms. The van der Waals surface area contributed by atoms with Gasteiger partial charge in [0.2, 0.25) is 11.8 Å². The summed E-state index contributed by atoms with van der Waals surface area (Å²) in [4.78, 5) is 17.4. The van der Waals surface area contributed by atoms with E-state index in [0.717, 1.165) is 10.4 Å². The number of amides is 1. The molecule has 0 aliphatic rings. The maximum Gasteiger partial charge on any atom is 0.232 e. The SMILES string of the molecule is Cc1oc(-c2ccccc2)nc1CS(=O)CC(=O)NCc1cccs1. The van der Waals surface area contributed by atoms with Gasteiger partial charge in [-0.1, -0.05) is 24.3 Å². The number of hydrogen-bond donors (Lipinski definition) is 1. The summed E-state index contributed by atoms with van der Waals surface area (Å²) in [5.74, 6) is 1.07. The minimum absolute atomic E-state index is 0.0433. The minimum Gasteiger partial charge on any atom is -0.441 e. The number of rotatable bonds is 7. The van der Waals surface area contributed by atoms with Crippen molar-refractivity contribution in [3.8, 4) is 11.5 Å². The smallest absolute Gasteiger partial charge is 0.232 e. The molecular weight excluding hydrogens is 356 g/mol. The van der Waals surface area contributed by atoms with Crippen LogP contribution in [0.2, 0.25) is 0 Å². The molecule has 0 aliphatic carbocycles. The second-order valence-electron chi connectivity index (χ2n) is 5.47. The molecule has 1 aromatic carbocycles. The quantitative estimate of drug-likeness (QED) is 0.689. The first-order valence-electron chi connectivity index (χ1n) is 7.77. The molecule has 5 nitrogen and oxygen atoms in total. The van der Waals surface area contributed by atoms with Crippen molar-refractivity contribution < 1.29 is 13.4 Å². The molecule has 130 valence electrons. The van der Waals surface area contributed by atoms with Crippen molar-refractivity contribution in [3.63, 3.8) is 0 Å². The van der Waals surface area contributed by atoms with Crippen LogP contribution in [0, 0.1) is 6.92 Å². The second-order valence-corrected chi connectivity index (χ2v) is 7.96. The van der Waals surface area contributed by atoms with Gasteiger partial charge in [-0.25, -0.2) is 4.98 Å². The van der Waals surface area contributed by atoms with E-state index in [1.54, 1.807) is 18.3 Å². The first-order valence-corrected chi connectivity index (χ1v) is 10.1. The zero-order valence-electron chi connectivity index (χ0n) is 13.7. The van der Waals surface area contributed by atoms with E-state index in [1.165, 1.54) is 0 Å². The first-order chi connectivity index (χ1) is 12.1. The van der Waals surface area contributed by atoms with Crippen LogP contribution in [0.4, 0.5) is 0 Å². The van der Waals surface area contributed by atoms with E-state index in [4.69, 9.17) is 4.42 Å². The Balaban J connectivity index is 1.56. The zero-order valence-corrected chi connectivity index (χ0v) is 15.4. The molecule has 1 atom stereocenters. The molecule has 0 spiro atoms. The van der Waals surface area contributed by atoms with Crippen LogP contribution >= 0.6 is 11.3 Å². The molecule has 3 rings (SSSR count). The topological polar surface area (TPSA) is 72.2 Å². The summed E-state index contributed by atoms with van der Waals surface area (Å²) in [5.41, 5.74) is 1.50. The third kappa shape index (κ3) is 4.87. The van der Waals surface area contributed by atoms with Crippen LogP contribution in [-0.4, -0.2) is 20.9 Å². The summed E-state index contributed by atoms with van der Waals surface area (Å²) < 4.78 is 17.9. The van der Waals surface area contributed by atoms with Gasteiger partial charge >= 0.3 is 0 Å². The van der Waals surface area contributed by atoms with Gasteiger partial charge in [-0.05, 0) is 30.5 Å². The summed E-state index contributed by atoms with van der Waals surface area (Å²) in [6, 6.07) is 13.4. The number of carbonyl (C=O) groups is 1. The standard InChI is InChI=1S/C18H18N2O3S2/c1-13-16(20-18(23-13)14-6-3-2-4-7-14)11-25(22)12-17(21)19-10-15-8-5-9-24-15/h2-9H,10-12H2,1H3,(H,19,21). The largest absolute Gasteiger partial charge is 0.441 e. The first kappa shape index (κ1) is 17.6. The van der Waals surface area contributed by atoms with Crippen molar-refractivity contribution in [1.29, 1.82) is 0 Å². The average Bonchev–Trinajstić information content (AvgIpc) is 3.24. The predicted molar refractivity (Wildman–Crippen MR) is 99.6 cm³/mol. The van der Waals surface area contributed by atoms with Crippen molar-refractivity contribution in [2.75, 3.05) is 5.75 Å². The van der Waals surface area contributed by atoms with E-state index in [-0.39, 0.29) is 17.4 Å². The Morgan fingerprint density at radius 1 is 1.24 bits per heavy atom. The van der Waals surface area contributed by atoms with Crippen molar-refractivity contribution in [1.82, 2.24) is 10.3 Å². The predicted octanol–water partition coefficient (Wildman–Crippen LogP) is 3.28. The maximum atomic E-state index is 12.3. The van der Waals surface area contributed by atoms with Gasteiger partial charge < -0.3 is 9.73 Å². The van der Waals surface area contributed by atoms with Crippen LogP contribution in [0.15, 0.2) is 52.3 Å². The minimum atomic E-state index is -1.33. The number of benzene rings is 1. The fourth-order valence-electron chi connectivity index (χ4n) is 2.27. The van der Waals surface area contributed by atoms with Gasteiger partial charge in [-0.3, -0.25) is 9.00 Å². The number of aryl methyl sites for hydroxylation is 1. The Morgan fingerprint density at radius 2 is 2.04 bits per heavy atom. The molecule has 1 N–H and O–H groups in total. The molecule has 0 bridgehead atoms. The van der Waals surface area contributed by atoms with E-state index in [0.29, 0.717) is 23.9 Å². The molecule has 1 amide bonds. The maximum absolute atomic E-state index is 12.3. The lowest BCUT2D eigenvalue weighted by Crippen LogP contribution is -2.28. The number of nitrogens with zero attached hydrogens (tertiary/aromatic N) is 1. The Morgan fingerprint density at radius 3 is 2.76 bits per heavy atom. The summed E-state index contributed by atoms with van der Waals surface area (Å²) in [6.45, 7) is 2.26. The monoisotopic (exact) mass is 374 g/mol. The van der Waals surface area contributed by atoms with E-state index < -0.39 is 10.8 Å². The third-order valence-electron chi connectivity index (χ3n) is 3.54. The molecule has 0 aliphatic heterocycles. The average molecular weight is 374 g/mol. The zero-order chi connectivity index (χ0) is 17.6. The van der Waals surface area contributed by atoms with Crippen LogP contribution in [0.5, 0.6) is 0 Å². The lowest BCUT2D eigenvalue weighted by Gasteiger charge is -2.03. The molecule has 2 aromatic heterocycles. The molecule has 0 fully saturated rings. The molecule has 0 saturated heterocycles. The van der Waals surface area contributed by atoms with Gasteiger partial charge in [-0.2, -0.15) is 0 Å². The van der Waals surface area contributed by atoms with Crippen LogP contribution < -0.4 is 5.32 Å². The van der Waals surface area contributed by atoms with E-state index >= 15 is 0 Å². The Labute approximate surface area is 152 Å². The summed E-state index contributed by atoms with van der Waals surface area (Å²) in [6.07, 6.45) is 0. The van der Waals surface area contributed by atoms with Crippen molar-refractivity contribution >= 4 is 28.0 Å². The van der Waals surface area contributed by atoms with E-state index in [1.807, 2.05) is 47.8 Å². The normalized spacial score (nSPS) is 12.0. The van der Waals surface area contributed by atoms with Crippen LogP contribution in [0.1, 0.15) is 16.3 Å². The Kier molecular flexibility index (Phi) is 5.78. The molecule has 1 unspecified atom stereocenters. The highest BCUT2D eigenvalue weighted by atomic mass is 32.2. The number of oxazole rings is 1. The van der Waals surface area contributed by atoms with Crippen molar-refractivity contribution in [2.24, 2.45) is 0 Å². The fraction of sp³-hybridized carbons (Fsp3) is 0.222. The van der Waals surface area contributed by atoms with Crippen LogP contribution in [0.3, 0.4) is 0 Å². The Hall–Kier alpha value is -2.25. The molecular formula is C18H18N2O3S2. The van der Waals surface area contributed by atoms with Gasteiger partial charge in [0.05, 0.1) is 18.0 Å². The molecule has 7 heteroatoms. The van der Waals surface area contributed by atoms with Gasteiger partial charge in [0, 0.05) is 21.2 Å². The molecule has 2 heterocycles. The summed E-state index contributed by atoms with van der Waals surface area (Å²) >= 11 is 1.58. The van der Waals surface area contributed by atoms with Crippen molar-refractivity contribution in [3.05, 3.63) is 64.2 Å². The highest BCUT2D eigenvalue weighted by Crippen LogP contribution is 2.22. The molecule has 0 radical (unpaired) electrons. The van der Waals surface area contributed by atoms with Crippen molar-refractivity contribution in [2.45, 2.75) is 19.2 Å². The second kappa shape index (κ2) is 8.22. The number of carbonyl (C=O) groups excluding carboxylic acids is 1.